The maximum Gasteiger partial charge on any atom is 0.165 e. The van der Waals surface area contributed by atoms with Crippen LogP contribution < -0.4 is 4.74 Å². The predicted molar refractivity (Wildman–Crippen MR) is 70.6 cm³/mol. The van der Waals surface area contributed by atoms with Crippen LogP contribution in [0.5, 0.6) is 5.75 Å². The zero-order chi connectivity index (χ0) is 14.2. The molecule has 2 rings (SSSR count). The Kier molecular flexibility index (Phi) is 4.11. The van der Waals surface area contributed by atoms with Gasteiger partial charge in [0.25, 0.3) is 0 Å². The van der Waals surface area contributed by atoms with Crippen LogP contribution >= 0.6 is 0 Å². The van der Waals surface area contributed by atoms with Crippen molar-refractivity contribution >= 4 is 0 Å². The van der Waals surface area contributed by atoms with E-state index in [1.165, 1.54) is 13.2 Å². The van der Waals surface area contributed by atoms with Gasteiger partial charge in [-0.2, -0.15) is 0 Å². The standard InChI is InChI=1S/C15H21FO3/c1-8-9(2)19-10(3)14(8)15(17)11-5-6-13(18-4)12(16)7-11/h5-10,14-15,17H,1-4H3. The van der Waals surface area contributed by atoms with E-state index in [0.717, 1.165) is 0 Å². The second-order valence-corrected chi connectivity index (χ2v) is 5.32. The van der Waals surface area contributed by atoms with Crippen molar-refractivity contribution in [1.82, 2.24) is 0 Å². The first-order valence-corrected chi connectivity index (χ1v) is 6.62. The Labute approximate surface area is 113 Å². The Morgan fingerprint density at radius 1 is 1.26 bits per heavy atom. The molecule has 1 fully saturated rings. The van der Waals surface area contributed by atoms with Crippen LogP contribution in [0.2, 0.25) is 0 Å². The van der Waals surface area contributed by atoms with E-state index in [0.29, 0.717) is 5.56 Å². The molecule has 5 atom stereocenters. The van der Waals surface area contributed by atoms with Gasteiger partial charge >= 0.3 is 0 Å². The molecule has 4 heteroatoms. The Morgan fingerprint density at radius 2 is 1.95 bits per heavy atom. The van der Waals surface area contributed by atoms with E-state index in [-0.39, 0.29) is 29.8 Å². The molecular formula is C15H21FO3. The highest BCUT2D eigenvalue weighted by Crippen LogP contribution is 2.40. The number of hydrogen-bond acceptors (Lipinski definition) is 3. The van der Waals surface area contributed by atoms with Gasteiger partial charge in [0.15, 0.2) is 11.6 Å². The number of hydrogen-bond donors (Lipinski definition) is 1. The molecule has 0 spiro atoms. The molecule has 1 aliphatic rings. The maximum atomic E-state index is 13.7. The molecule has 106 valence electrons. The first-order chi connectivity index (χ1) is 8.95. The van der Waals surface area contributed by atoms with Crippen molar-refractivity contribution < 1.29 is 19.0 Å². The number of halogens is 1. The largest absolute Gasteiger partial charge is 0.494 e. The van der Waals surface area contributed by atoms with Gasteiger partial charge in [-0.15, -0.1) is 0 Å². The number of benzene rings is 1. The summed E-state index contributed by atoms with van der Waals surface area (Å²) in [5.74, 6) is -0.0580. The molecule has 0 bridgehead atoms. The number of ether oxygens (including phenoxy) is 2. The van der Waals surface area contributed by atoms with Crippen LogP contribution in [0, 0.1) is 17.7 Å². The number of aliphatic hydroxyl groups excluding tert-OH is 1. The van der Waals surface area contributed by atoms with Gasteiger partial charge in [0.1, 0.15) is 0 Å². The number of rotatable bonds is 3. The summed E-state index contributed by atoms with van der Waals surface area (Å²) < 4.78 is 24.3. The van der Waals surface area contributed by atoms with E-state index >= 15 is 0 Å². The van der Waals surface area contributed by atoms with E-state index in [4.69, 9.17) is 9.47 Å². The van der Waals surface area contributed by atoms with Crippen LogP contribution in [-0.4, -0.2) is 24.4 Å². The Bertz CT molecular complexity index is 449. The van der Waals surface area contributed by atoms with Gasteiger partial charge in [-0.3, -0.25) is 0 Å². The highest BCUT2D eigenvalue weighted by atomic mass is 19.1. The van der Waals surface area contributed by atoms with E-state index in [9.17, 15) is 9.50 Å². The lowest BCUT2D eigenvalue weighted by atomic mass is 9.82. The van der Waals surface area contributed by atoms with Crippen LogP contribution in [0.4, 0.5) is 4.39 Å². The average molecular weight is 268 g/mol. The summed E-state index contributed by atoms with van der Waals surface area (Å²) in [7, 11) is 1.42. The maximum absolute atomic E-state index is 13.7. The van der Waals surface area contributed by atoms with Crippen molar-refractivity contribution in [3.63, 3.8) is 0 Å². The van der Waals surface area contributed by atoms with Gasteiger partial charge in [-0.1, -0.05) is 13.0 Å². The van der Waals surface area contributed by atoms with Gasteiger partial charge < -0.3 is 14.6 Å². The van der Waals surface area contributed by atoms with Crippen LogP contribution in [0.25, 0.3) is 0 Å². The van der Waals surface area contributed by atoms with E-state index in [1.807, 2.05) is 13.8 Å². The molecule has 0 saturated carbocycles. The van der Waals surface area contributed by atoms with Crippen LogP contribution in [-0.2, 0) is 4.74 Å². The SMILES string of the molecule is COc1ccc(C(O)C2C(C)OC(C)C2C)cc1F. The lowest BCUT2D eigenvalue weighted by molar-refractivity contribution is 0.0230. The van der Waals surface area contributed by atoms with E-state index in [1.54, 1.807) is 12.1 Å². The van der Waals surface area contributed by atoms with Crippen molar-refractivity contribution in [3.05, 3.63) is 29.6 Å². The summed E-state index contributed by atoms with van der Waals surface area (Å²) in [5.41, 5.74) is 0.569. The summed E-state index contributed by atoms with van der Waals surface area (Å²) in [6, 6.07) is 4.59. The summed E-state index contributed by atoms with van der Waals surface area (Å²) in [4.78, 5) is 0. The normalized spacial score (nSPS) is 32.3. The summed E-state index contributed by atoms with van der Waals surface area (Å²) >= 11 is 0. The number of methoxy groups -OCH3 is 1. The van der Waals surface area contributed by atoms with Crippen LogP contribution in [0.1, 0.15) is 32.4 Å². The second-order valence-electron chi connectivity index (χ2n) is 5.32. The molecule has 1 N–H and O–H groups in total. The van der Waals surface area contributed by atoms with Gasteiger partial charge in [-0.25, -0.2) is 4.39 Å². The Hall–Kier alpha value is -1.13. The smallest absolute Gasteiger partial charge is 0.165 e. The summed E-state index contributed by atoms with van der Waals surface area (Å²) in [5, 5.41) is 10.5. The summed E-state index contributed by atoms with van der Waals surface area (Å²) in [6.45, 7) is 6.01. The molecule has 1 aromatic rings. The van der Waals surface area contributed by atoms with Gasteiger partial charge in [0.05, 0.1) is 25.4 Å². The molecule has 5 unspecified atom stereocenters. The van der Waals surface area contributed by atoms with Gasteiger partial charge in [0.2, 0.25) is 0 Å². The molecule has 3 nitrogen and oxygen atoms in total. The minimum Gasteiger partial charge on any atom is -0.494 e. The molecule has 1 heterocycles. The number of aliphatic hydroxyl groups is 1. The van der Waals surface area contributed by atoms with Gasteiger partial charge in [0, 0.05) is 5.92 Å². The Balaban J connectivity index is 2.24. The zero-order valence-electron chi connectivity index (χ0n) is 11.8. The van der Waals surface area contributed by atoms with E-state index < -0.39 is 11.9 Å². The molecule has 0 radical (unpaired) electrons. The quantitative estimate of drug-likeness (QED) is 0.916. The molecule has 19 heavy (non-hydrogen) atoms. The lowest BCUT2D eigenvalue weighted by Gasteiger charge is -2.25. The highest BCUT2D eigenvalue weighted by molar-refractivity contribution is 5.31. The lowest BCUT2D eigenvalue weighted by Crippen LogP contribution is -2.25. The average Bonchev–Trinajstić information content (AvgIpc) is 2.62. The van der Waals surface area contributed by atoms with Crippen molar-refractivity contribution in [3.8, 4) is 5.75 Å². The molecule has 0 amide bonds. The molecule has 1 aromatic carbocycles. The van der Waals surface area contributed by atoms with Crippen molar-refractivity contribution in [2.24, 2.45) is 11.8 Å². The van der Waals surface area contributed by atoms with E-state index in [2.05, 4.69) is 6.92 Å². The van der Waals surface area contributed by atoms with Crippen molar-refractivity contribution in [2.45, 2.75) is 39.1 Å². The first-order valence-electron chi connectivity index (χ1n) is 6.62. The third-order valence-corrected chi connectivity index (χ3v) is 4.20. The molecule has 0 aromatic heterocycles. The molecule has 1 aliphatic heterocycles. The monoisotopic (exact) mass is 268 g/mol. The topological polar surface area (TPSA) is 38.7 Å². The third-order valence-electron chi connectivity index (χ3n) is 4.20. The minimum atomic E-state index is -0.727. The Morgan fingerprint density at radius 3 is 2.42 bits per heavy atom. The fourth-order valence-electron chi connectivity index (χ4n) is 2.93. The third kappa shape index (κ3) is 2.60. The fourth-order valence-corrected chi connectivity index (χ4v) is 2.93. The van der Waals surface area contributed by atoms with Crippen LogP contribution in [0.15, 0.2) is 18.2 Å². The van der Waals surface area contributed by atoms with Crippen molar-refractivity contribution in [2.75, 3.05) is 7.11 Å². The van der Waals surface area contributed by atoms with Crippen LogP contribution in [0.3, 0.4) is 0 Å². The van der Waals surface area contributed by atoms with Gasteiger partial charge in [-0.05, 0) is 37.5 Å². The van der Waals surface area contributed by atoms with Crippen molar-refractivity contribution in [1.29, 1.82) is 0 Å². The minimum absolute atomic E-state index is 0.0252. The summed E-state index contributed by atoms with van der Waals surface area (Å²) in [6.07, 6.45) is -0.654. The molecule has 1 saturated heterocycles. The molecule has 0 aliphatic carbocycles. The first kappa shape index (κ1) is 14.3. The fraction of sp³-hybridized carbons (Fsp3) is 0.600. The highest BCUT2D eigenvalue weighted by Gasteiger charge is 2.41. The zero-order valence-corrected chi connectivity index (χ0v) is 11.8. The molecular weight excluding hydrogens is 247 g/mol. The second kappa shape index (κ2) is 5.47. The predicted octanol–water partition coefficient (Wildman–Crippen LogP) is 2.93.